The summed E-state index contributed by atoms with van der Waals surface area (Å²) in [5.41, 5.74) is 7.71. The number of rotatable bonds is 7. The number of carbonyl (C=O) groups excluding carboxylic acids is 2. The van der Waals surface area contributed by atoms with Gasteiger partial charge in [0.05, 0.1) is 22.9 Å². The zero-order valence-corrected chi connectivity index (χ0v) is 19.0. The van der Waals surface area contributed by atoms with Crippen LogP contribution in [-0.2, 0) is 4.79 Å². The lowest BCUT2D eigenvalue weighted by atomic mass is 10.1. The lowest BCUT2D eigenvalue weighted by Crippen LogP contribution is -2.28. The third kappa shape index (κ3) is 5.22. The zero-order valence-electron chi connectivity index (χ0n) is 18.2. The van der Waals surface area contributed by atoms with Crippen molar-refractivity contribution in [1.29, 1.82) is 5.26 Å². The number of fused-ring (bicyclic) bond motifs is 1. The molecule has 1 atom stereocenters. The first-order chi connectivity index (χ1) is 16.4. The van der Waals surface area contributed by atoms with E-state index < -0.39 is 5.91 Å². The molecule has 2 heterocycles. The number of thioether (sulfide) groups is 1. The molecule has 0 radical (unpaired) electrons. The van der Waals surface area contributed by atoms with E-state index >= 15 is 0 Å². The summed E-state index contributed by atoms with van der Waals surface area (Å²) < 4.78 is 10.7. The number of carbonyl (C=O) groups is 2. The summed E-state index contributed by atoms with van der Waals surface area (Å²) in [5, 5.41) is 15.4. The number of anilines is 2. The SMILES string of the molecule is C[C@@H](NC(=O)CSc1nc(N)c(C(=O)Nc2ccccc2)cc1C#N)c1ccc2c(c1)OCO2. The van der Waals surface area contributed by atoms with E-state index in [1.807, 2.05) is 31.2 Å². The highest BCUT2D eigenvalue weighted by Gasteiger charge is 2.19. The van der Waals surface area contributed by atoms with Gasteiger partial charge in [-0.2, -0.15) is 5.26 Å². The molecule has 0 bridgehead atoms. The van der Waals surface area contributed by atoms with Crippen LogP contribution in [0.4, 0.5) is 11.5 Å². The molecule has 0 fully saturated rings. The molecule has 4 N–H and O–H groups in total. The number of hydrogen-bond acceptors (Lipinski definition) is 8. The normalized spacial score (nSPS) is 12.5. The number of benzene rings is 2. The van der Waals surface area contributed by atoms with E-state index in [4.69, 9.17) is 15.2 Å². The van der Waals surface area contributed by atoms with Crippen LogP contribution in [0.5, 0.6) is 11.5 Å². The second kappa shape index (κ2) is 10.1. The first kappa shape index (κ1) is 22.9. The number of amides is 2. The number of nitrogens with zero attached hydrogens (tertiary/aromatic N) is 2. The van der Waals surface area contributed by atoms with Crippen molar-refractivity contribution in [2.45, 2.75) is 18.0 Å². The van der Waals surface area contributed by atoms with E-state index in [1.165, 1.54) is 6.07 Å². The van der Waals surface area contributed by atoms with Gasteiger partial charge in [-0.05, 0) is 42.8 Å². The molecule has 3 aromatic rings. The van der Waals surface area contributed by atoms with Crippen molar-refractivity contribution in [1.82, 2.24) is 10.3 Å². The van der Waals surface area contributed by atoms with Crippen LogP contribution in [0.1, 0.15) is 34.5 Å². The maximum Gasteiger partial charge on any atom is 0.259 e. The largest absolute Gasteiger partial charge is 0.454 e. The van der Waals surface area contributed by atoms with Crippen LogP contribution in [0.3, 0.4) is 0 Å². The Labute approximate surface area is 200 Å². The van der Waals surface area contributed by atoms with Crippen LogP contribution in [0.25, 0.3) is 0 Å². The minimum absolute atomic E-state index is 0.0194. The van der Waals surface area contributed by atoms with Gasteiger partial charge in [0.15, 0.2) is 11.5 Å². The van der Waals surface area contributed by atoms with Crippen LogP contribution >= 0.6 is 11.8 Å². The topological polar surface area (TPSA) is 139 Å². The standard InChI is InChI=1S/C24H21N5O4S/c1-14(15-7-8-19-20(10-15)33-13-32-19)27-21(30)12-34-24-16(11-25)9-18(22(26)29-24)23(31)28-17-5-3-2-4-6-17/h2-10,14H,12-13H2,1H3,(H2,26,29)(H,27,30)(H,28,31)/t14-/m1/s1. The van der Waals surface area contributed by atoms with Crippen molar-refractivity contribution in [2.24, 2.45) is 0 Å². The number of nitrogens with two attached hydrogens (primary N) is 1. The number of para-hydroxylation sites is 1. The molecular formula is C24H21N5O4S. The van der Waals surface area contributed by atoms with Crippen LogP contribution in [0, 0.1) is 11.3 Å². The number of hydrogen-bond donors (Lipinski definition) is 3. The maximum absolute atomic E-state index is 12.6. The molecule has 0 aliphatic carbocycles. The average Bonchev–Trinajstić information content (AvgIpc) is 3.31. The Kier molecular flexibility index (Phi) is 6.85. The number of pyridine rings is 1. The number of nitrogen functional groups attached to an aromatic ring is 1. The molecule has 1 aliphatic rings. The second-order valence-electron chi connectivity index (χ2n) is 7.40. The van der Waals surface area contributed by atoms with Gasteiger partial charge in [-0.15, -0.1) is 0 Å². The van der Waals surface area contributed by atoms with Gasteiger partial charge >= 0.3 is 0 Å². The molecule has 1 aromatic heterocycles. The predicted molar refractivity (Wildman–Crippen MR) is 128 cm³/mol. The van der Waals surface area contributed by atoms with Crippen LogP contribution < -0.4 is 25.8 Å². The van der Waals surface area contributed by atoms with E-state index in [2.05, 4.69) is 15.6 Å². The maximum atomic E-state index is 12.6. The van der Waals surface area contributed by atoms with Crippen LogP contribution in [-0.4, -0.2) is 29.3 Å². The molecular weight excluding hydrogens is 454 g/mol. The Hall–Kier alpha value is -4.23. The molecule has 10 heteroatoms. The van der Waals surface area contributed by atoms with Crippen LogP contribution in [0.2, 0.25) is 0 Å². The molecule has 2 aromatic carbocycles. The van der Waals surface area contributed by atoms with Gasteiger partial charge in [-0.3, -0.25) is 9.59 Å². The molecule has 34 heavy (non-hydrogen) atoms. The van der Waals surface area contributed by atoms with Gasteiger partial charge in [0.2, 0.25) is 12.7 Å². The molecule has 2 amide bonds. The predicted octanol–water partition coefficient (Wildman–Crippen LogP) is 3.49. The highest BCUT2D eigenvalue weighted by Crippen LogP contribution is 2.34. The van der Waals surface area contributed by atoms with Gasteiger partial charge in [0.1, 0.15) is 16.9 Å². The minimum Gasteiger partial charge on any atom is -0.454 e. The molecule has 0 saturated heterocycles. The zero-order chi connectivity index (χ0) is 24.1. The molecule has 0 saturated carbocycles. The summed E-state index contributed by atoms with van der Waals surface area (Å²) >= 11 is 1.07. The average molecular weight is 476 g/mol. The number of nitriles is 1. The lowest BCUT2D eigenvalue weighted by molar-refractivity contribution is -0.119. The van der Waals surface area contributed by atoms with E-state index in [9.17, 15) is 14.9 Å². The Bertz CT molecular complexity index is 1280. The third-order valence-corrected chi connectivity index (χ3v) is 6.02. The summed E-state index contributed by atoms with van der Waals surface area (Å²) in [5.74, 6) is 0.592. The molecule has 4 rings (SSSR count). The summed E-state index contributed by atoms with van der Waals surface area (Å²) in [6.45, 7) is 2.04. The van der Waals surface area contributed by atoms with Crippen molar-refractivity contribution >= 4 is 35.1 Å². The van der Waals surface area contributed by atoms with Crippen molar-refractivity contribution in [2.75, 3.05) is 23.6 Å². The van der Waals surface area contributed by atoms with Gasteiger partial charge in [-0.25, -0.2) is 4.98 Å². The summed E-state index contributed by atoms with van der Waals surface area (Å²) in [4.78, 5) is 29.3. The third-order valence-electron chi connectivity index (χ3n) is 5.03. The fourth-order valence-corrected chi connectivity index (χ4v) is 4.06. The monoisotopic (exact) mass is 475 g/mol. The summed E-state index contributed by atoms with van der Waals surface area (Å²) in [6.07, 6.45) is 0. The summed E-state index contributed by atoms with van der Waals surface area (Å²) in [7, 11) is 0. The molecule has 0 spiro atoms. The molecule has 9 nitrogen and oxygen atoms in total. The molecule has 172 valence electrons. The van der Waals surface area contributed by atoms with E-state index in [0.717, 1.165) is 17.3 Å². The van der Waals surface area contributed by atoms with Crippen molar-refractivity contribution in [3.63, 3.8) is 0 Å². The lowest BCUT2D eigenvalue weighted by Gasteiger charge is -2.15. The highest BCUT2D eigenvalue weighted by atomic mass is 32.2. The van der Waals surface area contributed by atoms with Crippen molar-refractivity contribution in [3.8, 4) is 17.6 Å². The fraction of sp³-hybridized carbons (Fsp3) is 0.167. The van der Waals surface area contributed by atoms with E-state index in [-0.39, 0.29) is 46.5 Å². The van der Waals surface area contributed by atoms with Crippen LogP contribution in [0.15, 0.2) is 59.6 Å². The van der Waals surface area contributed by atoms with E-state index in [0.29, 0.717) is 17.2 Å². The highest BCUT2D eigenvalue weighted by molar-refractivity contribution is 8.00. The Morgan fingerprint density at radius 3 is 2.71 bits per heavy atom. The number of nitrogens with one attached hydrogen (secondary N) is 2. The van der Waals surface area contributed by atoms with Gasteiger partial charge in [0.25, 0.3) is 5.91 Å². The Morgan fingerprint density at radius 2 is 1.94 bits per heavy atom. The van der Waals surface area contributed by atoms with E-state index in [1.54, 1.807) is 30.3 Å². The Balaban J connectivity index is 1.39. The fourth-order valence-electron chi connectivity index (χ4n) is 3.28. The quantitative estimate of drug-likeness (QED) is 0.441. The number of aromatic nitrogens is 1. The molecule has 1 aliphatic heterocycles. The smallest absolute Gasteiger partial charge is 0.259 e. The minimum atomic E-state index is -0.473. The van der Waals surface area contributed by atoms with Gasteiger partial charge < -0.3 is 25.8 Å². The van der Waals surface area contributed by atoms with Gasteiger partial charge in [0, 0.05) is 5.69 Å². The second-order valence-corrected chi connectivity index (χ2v) is 8.36. The molecule has 0 unspecified atom stereocenters. The Morgan fingerprint density at radius 1 is 1.18 bits per heavy atom. The summed E-state index contributed by atoms with van der Waals surface area (Å²) in [6, 6.07) is 17.5. The number of ether oxygens (including phenoxy) is 2. The van der Waals surface area contributed by atoms with Crippen molar-refractivity contribution in [3.05, 3.63) is 71.3 Å². The first-order valence-electron chi connectivity index (χ1n) is 10.3. The first-order valence-corrected chi connectivity index (χ1v) is 11.3. The van der Waals surface area contributed by atoms with Crippen molar-refractivity contribution < 1.29 is 19.1 Å². The van der Waals surface area contributed by atoms with Gasteiger partial charge in [-0.1, -0.05) is 36.0 Å².